The van der Waals surface area contributed by atoms with Crippen LogP contribution in [-0.2, 0) is 6.42 Å². The highest BCUT2D eigenvalue weighted by molar-refractivity contribution is 5.02. The van der Waals surface area contributed by atoms with Gasteiger partial charge in [-0.2, -0.15) is 4.98 Å². The van der Waals surface area contributed by atoms with Crippen molar-refractivity contribution < 1.29 is 4.52 Å². The zero-order valence-electron chi connectivity index (χ0n) is 11.0. The smallest absolute Gasteiger partial charge is 0.228 e. The Labute approximate surface area is 108 Å². The Morgan fingerprint density at radius 3 is 2.56 bits per heavy atom. The maximum Gasteiger partial charge on any atom is 0.228 e. The fraction of sp³-hybridized carbons (Fsp3) is 0.857. The van der Waals surface area contributed by atoms with Crippen molar-refractivity contribution in [3.8, 4) is 0 Å². The molecular weight excluding hydrogens is 226 g/mol. The summed E-state index contributed by atoms with van der Waals surface area (Å²) in [6.45, 7) is 0. The molecule has 0 radical (unpaired) electrons. The summed E-state index contributed by atoms with van der Waals surface area (Å²) in [5.74, 6) is 2.19. The third kappa shape index (κ3) is 2.58. The molecule has 2 N–H and O–H groups in total. The summed E-state index contributed by atoms with van der Waals surface area (Å²) >= 11 is 0. The van der Waals surface area contributed by atoms with Gasteiger partial charge in [-0.25, -0.2) is 0 Å². The second-order valence-electron chi connectivity index (χ2n) is 6.13. The molecule has 0 bridgehead atoms. The van der Waals surface area contributed by atoms with Crippen LogP contribution in [0.4, 0.5) is 0 Å². The Bertz CT molecular complexity index is 389. The molecule has 1 aromatic heterocycles. The lowest BCUT2D eigenvalue weighted by Gasteiger charge is -2.20. The second kappa shape index (κ2) is 5.00. The lowest BCUT2D eigenvalue weighted by Crippen LogP contribution is -2.38. The molecule has 3 rings (SSSR count). The largest absolute Gasteiger partial charge is 0.339 e. The monoisotopic (exact) mass is 249 g/mol. The van der Waals surface area contributed by atoms with Crippen molar-refractivity contribution in [1.82, 2.24) is 10.1 Å². The summed E-state index contributed by atoms with van der Waals surface area (Å²) in [7, 11) is 0. The van der Waals surface area contributed by atoms with Crippen LogP contribution in [0.5, 0.6) is 0 Å². The highest BCUT2D eigenvalue weighted by Crippen LogP contribution is 2.33. The second-order valence-corrected chi connectivity index (χ2v) is 6.13. The molecule has 100 valence electrons. The molecule has 0 unspecified atom stereocenters. The van der Waals surface area contributed by atoms with Crippen LogP contribution in [0.15, 0.2) is 4.52 Å². The van der Waals surface area contributed by atoms with Crippen molar-refractivity contribution in [2.45, 2.75) is 75.7 Å². The van der Waals surface area contributed by atoms with Gasteiger partial charge in [-0.05, 0) is 25.7 Å². The average Bonchev–Trinajstić information content (AvgIpc) is 3.00. The van der Waals surface area contributed by atoms with Gasteiger partial charge < -0.3 is 10.3 Å². The van der Waals surface area contributed by atoms with Gasteiger partial charge in [-0.1, -0.05) is 37.3 Å². The molecular formula is C14H23N3O. The Morgan fingerprint density at radius 1 is 1.11 bits per heavy atom. The summed E-state index contributed by atoms with van der Waals surface area (Å²) in [6.07, 6.45) is 11.8. The predicted molar refractivity (Wildman–Crippen MR) is 69.2 cm³/mol. The van der Waals surface area contributed by atoms with E-state index in [1.807, 2.05) is 0 Å². The van der Waals surface area contributed by atoms with Crippen LogP contribution in [-0.4, -0.2) is 15.7 Å². The van der Waals surface area contributed by atoms with Gasteiger partial charge in [0.1, 0.15) is 0 Å². The fourth-order valence-corrected chi connectivity index (χ4v) is 3.42. The van der Waals surface area contributed by atoms with Gasteiger partial charge in [0.05, 0.1) is 0 Å². The number of hydrogen-bond acceptors (Lipinski definition) is 4. The molecule has 2 aliphatic rings. The number of aromatic nitrogens is 2. The molecule has 0 atom stereocenters. The van der Waals surface area contributed by atoms with Gasteiger partial charge in [-0.15, -0.1) is 0 Å². The van der Waals surface area contributed by atoms with Crippen LogP contribution in [0, 0.1) is 0 Å². The Kier molecular flexibility index (Phi) is 3.37. The van der Waals surface area contributed by atoms with Crippen LogP contribution in [0.2, 0.25) is 0 Å². The third-order valence-corrected chi connectivity index (χ3v) is 4.56. The minimum atomic E-state index is -0.0869. The summed E-state index contributed by atoms with van der Waals surface area (Å²) in [6, 6.07) is 0. The van der Waals surface area contributed by atoms with Gasteiger partial charge in [0.15, 0.2) is 5.82 Å². The van der Waals surface area contributed by atoms with E-state index in [2.05, 4.69) is 10.1 Å². The number of hydrogen-bond donors (Lipinski definition) is 1. The molecule has 1 heterocycles. The zero-order valence-corrected chi connectivity index (χ0v) is 11.0. The molecule has 2 saturated carbocycles. The first kappa shape index (κ1) is 12.2. The Balaban J connectivity index is 1.65. The predicted octanol–water partition coefficient (Wildman–Crippen LogP) is 2.93. The van der Waals surface area contributed by atoms with Gasteiger partial charge >= 0.3 is 0 Å². The molecule has 0 aromatic carbocycles. The molecule has 0 amide bonds. The van der Waals surface area contributed by atoms with Crippen molar-refractivity contribution in [1.29, 1.82) is 0 Å². The molecule has 4 nitrogen and oxygen atoms in total. The number of rotatable bonds is 3. The van der Waals surface area contributed by atoms with Gasteiger partial charge in [0, 0.05) is 17.9 Å². The van der Waals surface area contributed by atoms with E-state index in [0.29, 0.717) is 5.92 Å². The summed E-state index contributed by atoms with van der Waals surface area (Å²) in [5, 5.41) is 4.17. The normalized spacial score (nSPS) is 24.5. The van der Waals surface area contributed by atoms with Crippen LogP contribution in [0.3, 0.4) is 0 Å². The van der Waals surface area contributed by atoms with E-state index >= 15 is 0 Å². The SMILES string of the molecule is NC1(Cc2nc(C3CCCCC3)no2)CCCC1. The minimum Gasteiger partial charge on any atom is -0.339 e. The van der Waals surface area contributed by atoms with E-state index < -0.39 is 0 Å². The van der Waals surface area contributed by atoms with Crippen molar-refractivity contribution in [3.05, 3.63) is 11.7 Å². The molecule has 4 heteroatoms. The van der Waals surface area contributed by atoms with Gasteiger partial charge in [0.2, 0.25) is 5.89 Å². The van der Waals surface area contributed by atoms with E-state index in [4.69, 9.17) is 10.3 Å². The van der Waals surface area contributed by atoms with E-state index in [-0.39, 0.29) is 5.54 Å². The first-order chi connectivity index (χ1) is 8.75. The van der Waals surface area contributed by atoms with Crippen molar-refractivity contribution in [3.63, 3.8) is 0 Å². The van der Waals surface area contributed by atoms with Crippen LogP contribution in [0.25, 0.3) is 0 Å². The molecule has 18 heavy (non-hydrogen) atoms. The average molecular weight is 249 g/mol. The maximum absolute atomic E-state index is 6.35. The Hall–Kier alpha value is -0.900. The maximum atomic E-state index is 6.35. The summed E-state index contributed by atoms with van der Waals surface area (Å²) < 4.78 is 5.40. The highest BCUT2D eigenvalue weighted by Gasteiger charge is 2.32. The van der Waals surface area contributed by atoms with E-state index in [1.165, 1.54) is 44.9 Å². The molecule has 0 spiro atoms. The fourth-order valence-electron chi connectivity index (χ4n) is 3.42. The highest BCUT2D eigenvalue weighted by atomic mass is 16.5. The minimum absolute atomic E-state index is 0.0869. The first-order valence-electron chi connectivity index (χ1n) is 7.37. The molecule has 0 aliphatic heterocycles. The van der Waals surface area contributed by atoms with E-state index in [0.717, 1.165) is 31.0 Å². The first-order valence-corrected chi connectivity index (χ1v) is 7.37. The lowest BCUT2D eigenvalue weighted by molar-refractivity contribution is 0.322. The Morgan fingerprint density at radius 2 is 1.83 bits per heavy atom. The van der Waals surface area contributed by atoms with Crippen LogP contribution in [0.1, 0.15) is 75.4 Å². The number of nitrogens with zero attached hydrogens (tertiary/aromatic N) is 2. The van der Waals surface area contributed by atoms with Gasteiger partial charge in [-0.3, -0.25) is 0 Å². The zero-order chi connectivity index (χ0) is 12.4. The quantitative estimate of drug-likeness (QED) is 0.894. The lowest BCUT2D eigenvalue weighted by atomic mass is 9.89. The molecule has 2 fully saturated rings. The van der Waals surface area contributed by atoms with Crippen LogP contribution >= 0.6 is 0 Å². The standard InChI is InChI=1S/C14H23N3O/c15-14(8-4-5-9-14)10-12-16-13(17-18-12)11-6-2-1-3-7-11/h11H,1-10,15H2. The van der Waals surface area contributed by atoms with Crippen molar-refractivity contribution in [2.75, 3.05) is 0 Å². The van der Waals surface area contributed by atoms with E-state index in [1.54, 1.807) is 0 Å². The number of nitrogens with two attached hydrogens (primary N) is 1. The molecule has 1 aromatic rings. The van der Waals surface area contributed by atoms with Gasteiger partial charge in [0.25, 0.3) is 0 Å². The molecule has 0 saturated heterocycles. The van der Waals surface area contributed by atoms with Crippen molar-refractivity contribution in [2.24, 2.45) is 5.73 Å². The summed E-state index contributed by atoms with van der Waals surface area (Å²) in [5.41, 5.74) is 6.26. The summed E-state index contributed by atoms with van der Waals surface area (Å²) in [4.78, 5) is 4.58. The molecule has 2 aliphatic carbocycles. The third-order valence-electron chi connectivity index (χ3n) is 4.56. The van der Waals surface area contributed by atoms with E-state index in [9.17, 15) is 0 Å². The topological polar surface area (TPSA) is 64.9 Å². The van der Waals surface area contributed by atoms with Crippen LogP contribution < -0.4 is 5.73 Å². The van der Waals surface area contributed by atoms with Crippen molar-refractivity contribution >= 4 is 0 Å².